The van der Waals surface area contributed by atoms with E-state index in [4.69, 9.17) is 16.7 Å². The van der Waals surface area contributed by atoms with Crippen molar-refractivity contribution in [3.63, 3.8) is 0 Å². The second-order valence-corrected chi connectivity index (χ2v) is 9.85. The van der Waals surface area contributed by atoms with E-state index in [1.807, 2.05) is 6.07 Å². The maximum absolute atomic E-state index is 13.4. The molecule has 28 heavy (non-hydrogen) atoms. The zero-order chi connectivity index (χ0) is 20.3. The second kappa shape index (κ2) is 9.57. The van der Waals surface area contributed by atoms with E-state index < -0.39 is 23.7 Å². The van der Waals surface area contributed by atoms with Crippen LogP contribution in [0.2, 0.25) is 0 Å². The fourth-order valence-electron chi connectivity index (χ4n) is 3.71. The van der Waals surface area contributed by atoms with Gasteiger partial charge in [-0.2, -0.15) is 0 Å². The van der Waals surface area contributed by atoms with Crippen molar-refractivity contribution in [2.75, 3.05) is 5.75 Å². The van der Waals surface area contributed by atoms with Crippen molar-refractivity contribution in [3.05, 3.63) is 51.7 Å². The molecule has 1 aliphatic rings. The van der Waals surface area contributed by atoms with Gasteiger partial charge in [-0.05, 0) is 61.8 Å². The number of thiophene rings is 1. The molecule has 0 amide bonds. The highest BCUT2D eigenvalue weighted by Gasteiger charge is 2.40. The molecule has 4 atom stereocenters. The molecule has 8 heteroatoms. The molecule has 0 aliphatic heterocycles. The van der Waals surface area contributed by atoms with Crippen LogP contribution in [0.3, 0.4) is 0 Å². The van der Waals surface area contributed by atoms with Gasteiger partial charge >= 0.3 is 5.97 Å². The number of halogens is 3. The van der Waals surface area contributed by atoms with Gasteiger partial charge in [-0.1, -0.05) is 0 Å². The molecular weight excluding hydrogens is 426 g/mol. The predicted molar refractivity (Wildman–Crippen MR) is 109 cm³/mol. The maximum atomic E-state index is 13.4. The van der Waals surface area contributed by atoms with E-state index in [0.29, 0.717) is 21.9 Å². The Hall–Kier alpha value is -1.15. The number of aliphatic hydroxyl groups is 1. The molecule has 1 aliphatic carbocycles. The molecule has 2 N–H and O–H groups in total. The lowest BCUT2D eigenvalue weighted by atomic mass is 9.91. The van der Waals surface area contributed by atoms with Crippen LogP contribution in [-0.2, 0) is 6.42 Å². The Morgan fingerprint density at radius 1 is 1.21 bits per heavy atom. The number of carboxylic acid groups (broad SMARTS) is 1. The lowest BCUT2D eigenvalue weighted by Gasteiger charge is -2.23. The first-order valence-corrected chi connectivity index (χ1v) is 11.3. The Bertz CT molecular complexity index is 809. The number of rotatable bonds is 8. The number of alkyl halides is 1. The number of aryl methyl sites for hydroxylation is 1. The minimum atomic E-state index is -0.915. The summed E-state index contributed by atoms with van der Waals surface area (Å²) >= 11 is 9.07. The van der Waals surface area contributed by atoms with Crippen molar-refractivity contribution in [1.29, 1.82) is 0 Å². The van der Waals surface area contributed by atoms with Gasteiger partial charge in [0.2, 0.25) is 0 Å². The molecule has 1 aromatic carbocycles. The molecular formula is C20H21ClF2O3S2. The highest BCUT2D eigenvalue weighted by molar-refractivity contribution is 7.99. The van der Waals surface area contributed by atoms with Crippen LogP contribution in [-0.4, -0.2) is 33.4 Å². The summed E-state index contributed by atoms with van der Waals surface area (Å²) < 4.78 is 26.7. The fourth-order valence-corrected chi connectivity index (χ4v) is 6.34. The smallest absolute Gasteiger partial charge is 0.345 e. The quantitative estimate of drug-likeness (QED) is 0.418. The van der Waals surface area contributed by atoms with Crippen molar-refractivity contribution in [3.8, 4) is 0 Å². The normalized spacial score (nSPS) is 24.6. The molecule has 1 aromatic heterocycles. The van der Waals surface area contributed by atoms with Crippen LogP contribution in [0.25, 0.3) is 0 Å². The molecule has 1 saturated carbocycles. The fraction of sp³-hybridized carbons (Fsp3) is 0.450. The minimum absolute atomic E-state index is 0.0447. The van der Waals surface area contributed by atoms with Gasteiger partial charge in [-0.25, -0.2) is 13.6 Å². The molecule has 0 saturated heterocycles. The van der Waals surface area contributed by atoms with Crippen LogP contribution >= 0.6 is 34.7 Å². The van der Waals surface area contributed by atoms with Crippen molar-refractivity contribution in [2.24, 2.45) is 11.8 Å². The number of benzene rings is 1. The van der Waals surface area contributed by atoms with Crippen molar-refractivity contribution in [1.82, 2.24) is 0 Å². The number of hydrogen-bond donors (Lipinski definition) is 2. The van der Waals surface area contributed by atoms with Crippen LogP contribution in [0.4, 0.5) is 8.78 Å². The molecule has 0 bridgehead atoms. The van der Waals surface area contributed by atoms with Crippen LogP contribution in [0.5, 0.6) is 0 Å². The van der Waals surface area contributed by atoms with Gasteiger partial charge in [0.25, 0.3) is 0 Å². The standard InChI is InChI=1S/C20H21ClF2O3S2/c21-17-9-18(24)16(10-27-14-7-11(22)6-12(23)8-14)15(17)3-1-2-13-4-5-19(28-13)20(25)26/h4-8,15-18,24H,1-3,9-10H2,(H,25,26)/t15-,16-,17+,18-/m1/s1. The first-order valence-electron chi connectivity index (χ1n) is 9.06. The van der Waals surface area contributed by atoms with Gasteiger partial charge in [-0.3, -0.25) is 0 Å². The summed E-state index contributed by atoms with van der Waals surface area (Å²) in [6.07, 6.45) is 2.41. The van der Waals surface area contributed by atoms with E-state index in [1.165, 1.54) is 35.2 Å². The lowest BCUT2D eigenvalue weighted by molar-refractivity contribution is 0.0702. The number of aromatic carboxylic acids is 1. The molecule has 3 nitrogen and oxygen atoms in total. The first-order chi connectivity index (χ1) is 13.3. The van der Waals surface area contributed by atoms with Gasteiger partial charge in [0.05, 0.1) is 6.10 Å². The van der Waals surface area contributed by atoms with Crippen LogP contribution in [0, 0.1) is 23.5 Å². The molecule has 2 aromatic rings. The molecule has 1 fully saturated rings. The highest BCUT2D eigenvalue weighted by atomic mass is 35.5. The third-order valence-corrected chi connectivity index (χ3v) is 7.84. The summed E-state index contributed by atoms with van der Waals surface area (Å²) in [4.78, 5) is 12.8. The Balaban J connectivity index is 1.56. The minimum Gasteiger partial charge on any atom is -0.477 e. The Morgan fingerprint density at radius 2 is 1.93 bits per heavy atom. The number of aliphatic hydroxyl groups excluding tert-OH is 1. The average Bonchev–Trinajstić information content (AvgIpc) is 3.18. The molecule has 0 spiro atoms. The van der Waals surface area contributed by atoms with E-state index in [9.17, 15) is 18.7 Å². The topological polar surface area (TPSA) is 57.5 Å². The summed E-state index contributed by atoms with van der Waals surface area (Å²) in [6.45, 7) is 0. The molecule has 3 rings (SSSR count). The summed E-state index contributed by atoms with van der Waals surface area (Å²) in [5, 5.41) is 19.3. The van der Waals surface area contributed by atoms with Crippen molar-refractivity contribution >= 4 is 40.7 Å². The average molecular weight is 447 g/mol. The van der Waals surface area contributed by atoms with Crippen LogP contribution < -0.4 is 0 Å². The van der Waals surface area contributed by atoms with Crippen molar-refractivity contribution in [2.45, 2.75) is 42.1 Å². The van der Waals surface area contributed by atoms with E-state index >= 15 is 0 Å². The summed E-state index contributed by atoms with van der Waals surface area (Å²) in [5.41, 5.74) is 0. The molecule has 0 radical (unpaired) electrons. The predicted octanol–water partition coefficient (Wildman–Crippen LogP) is 5.44. The van der Waals surface area contributed by atoms with E-state index in [1.54, 1.807) is 6.07 Å². The Labute approximate surface area is 175 Å². The highest BCUT2D eigenvalue weighted by Crippen LogP contribution is 2.42. The molecule has 152 valence electrons. The number of thioether (sulfide) groups is 1. The van der Waals surface area contributed by atoms with E-state index in [-0.39, 0.29) is 17.2 Å². The van der Waals surface area contributed by atoms with E-state index in [2.05, 4.69) is 0 Å². The zero-order valence-corrected chi connectivity index (χ0v) is 17.4. The Morgan fingerprint density at radius 3 is 2.57 bits per heavy atom. The van der Waals surface area contributed by atoms with Gasteiger partial charge in [0.15, 0.2) is 0 Å². The summed E-state index contributed by atoms with van der Waals surface area (Å²) in [5.74, 6) is -1.53. The first kappa shape index (κ1) is 21.6. The number of hydrogen-bond acceptors (Lipinski definition) is 4. The SMILES string of the molecule is O=C(O)c1ccc(CCC[C@@H]2[C@@H](CSc3cc(F)cc(F)c3)[C@H](O)C[C@@H]2Cl)s1. The van der Waals surface area contributed by atoms with E-state index in [0.717, 1.165) is 30.2 Å². The second-order valence-electron chi connectivity index (χ2n) is 7.03. The maximum Gasteiger partial charge on any atom is 0.345 e. The zero-order valence-electron chi connectivity index (χ0n) is 15.0. The van der Waals surface area contributed by atoms with Crippen LogP contribution in [0.1, 0.15) is 33.8 Å². The van der Waals surface area contributed by atoms with Crippen molar-refractivity contribution < 1.29 is 23.8 Å². The summed E-state index contributed by atoms with van der Waals surface area (Å²) in [6, 6.07) is 6.87. The summed E-state index contributed by atoms with van der Waals surface area (Å²) in [7, 11) is 0. The molecule has 1 heterocycles. The third kappa shape index (κ3) is 5.47. The van der Waals surface area contributed by atoms with Gasteiger partial charge in [0.1, 0.15) is 16.5 Å². The van der Waals surface area contributed by atoms with Gasteiger partial charge in [-0.15, -0.1) is 34.7 Å². The Kier molecular flexibility index (Phi) is 7.36. The van der Waals surface area contributed by atoms with Gasteiger partial charge < -0.3 is 10.2 Å². The largest absolute Gasteiger partial charge is 0.477 e. The lowest BCUT2D eigenvalue weighted by Crippen LogP contribution is -2.23. The molecule has 0 unspecified atom stereocenters. The monoisotopic (exact) mass is 446 g/mol. The van der Waals surface area contributed by atoms with Crippen LogP contribution in [0.15, 0.2) is 35.2 Å². The number of carbonyl (C=O) groups is 1. The number of carboxylic acids is 1. The van der Waals surface area contributed by atoms with Gasteiger partial charge in [0, 0.05) is 27.0 Å². The third-order valence-electron chi connectivity index (χ3n) is 5.09.